The van der Waals surface area contributed by atoms with Crippen LogP contribution in [0.1, 0.15) is 36.3 Å². The van der Waals surface area contributed by atoms with Crippen LogP contribution in [0, 0.1) is 11.8 Å². The maximum atomic E-state index is 13.9. The molecule has 3 saturated heterocycles. The number of nitrogens with one attached hydrogen (secondary N) is 1. The van der Waals surface area contributed by atoms with E-state index >= 15 is 0 Å². The Hall–Kier alpha value is -2.78. The second-order valence-electron chi connectivity index (χ2n) is 9.94. The van der Waals surface area contributed by atoms with Crippen molar-refractivity contribution in [2.45, 2.75) is 37.6 Å². The normalized spacial score (nSPS) is 26.3. The van der Waals surface area contributed by atoms with E-state index in [0.717, 1.165) is 30.8 Å². The van der Waals surface area contributed by atoms with Gasteiger partial charge < -0.3 is 15.1 Å². The first-order valence-corrected chi connectivity index (χ1v) is 13.4. The smallest absolute Gasteiger partial charge is 0.325 e. The molecule has 5 heterocycles. The number of carbonyl (C=O) groups is 3. The minimum atomic E-state index is -1.19. The van der Waals surface area contributed by atoms with Crippen LogP contribution in [-0.2, 0) is 21.5 Å². The highest BCUT2D eigenvalue weighted by atomic mass is 32.1. The number of rotatable bonds is 6. The summed E-state index contributed by atoms with van der Waals surface area (Å²) in [7, 11) is 2.07. The van der Waals surface area contributed by atoms with Crippen molar-refractivity contribution in [2.75, 3.05) is 39.8 Å². The fraction of sp³-hybridized carbons (Fsp3) is 0.538. The second-order valence-corrected chi connectivity index (χ2v) is 11.0. The number of aromatic nitrogens is 1. The Morgan fingerprint density at radius 1 is 1.14 bits per heavy atom. The summed E-state index contributed by atoms with van der Waals surface area (Å²) in [6.45, 7) is 3.38. The Balaban J connectivity index is 1.33. The lowest BCUT2D eigenvalue weighted by atomic mass is 9.75. The monoisotopic (exact) mass is 495 g/mol. The average molecular weight is 496 g/mol. The third kappa shape index (κ3) is 4.59. The van der Waals surface area contributed by atoms with Gasteiger partial charge in [-0.25, -0.2) is 4.79 Å². The number of likely N-dealkylation sites (tertiary alicyclic amines) is 2. The van der Waals surface area contributed by atoms with Crippen LogP contribution in [0.2, 0.25) is 0 Å². The lowest BCUT2D eigenvalue weighted by Gasteiger charge is -2.42. The van der Waals surface area contributed by atoms with Crippen molar-refractivity contribution in [3.63, 3.8) is 0 Å². The maximum absolute atomic E-state index is 13.9. The molecule has 0 spiro atoms. The van der Waals surface area contributed by atoms with Gasteiger partial charge in [-0.2, -0.15) is 0 Å². The van der Waals surface area contributed by atoms with Crippen molar-refractivity contribution >= 4 is 29.2 Å². The summed E-state index contributed by atoms with van der Waals surface area (Å²) in [6.07, 6.45) is 5.59. The number of thiophene rings is 1. The summed E-state index contributed by atoms with van der Waals surface area (Å²) in [5.74, 6) is -0.0769. The van der Waals surface area contributed by atoms with Gasteiger partial charge in [0.25, 0.3) is 5.91 Å². The van der Waals surface area contributed by atoms with E-state index in [9.17, 15) is 14.4 Å². The number of carbonyl (C=O) groups excluding carboxylic acids is 3. The van der Waals surface area contributed by atoms with Crippen LogP contribution < -0.4 is 5.32 Å². The zero-order valence-corrected chi connectivity index (χ0v) is 21.0. The predicted molar refractivity (Wildman–Crippen MR) is 134 cm³/mol. The van der Waals surface area contributed by atoms with Crippen molar-refractivity contribution in [3.05, 3.63) is 52.5 Å². The summed E-state index contributed by atoms with van der Waals surface area (Å²) in [5, 5.41) is 5.06. The molecule has 0 unspecified atom stereocenters. The van der Waals surface area contributed by atoms with E-state index in [-0.39, 0.29) is 29.7 Å². The van der Waals surface area contributed by atoms with Gasteiger partial charge in [-0.15, -0.1) is 11.3 Å². The average Bonchev–Trinajstić information content (AvgIpc) is 3.49. The fourth-order valence-corrected chi connectivity index (χ4v) is 6.59. The maximum Gasteiger partial charge on any atom is 0.325 e. The van der Waals surface area contributed by atoms with Crippen LogP contribution in [0.4, 0.5) is 4.79 Å². The SMILES string of the molecule is CN1CCC[C@@H](C(=O)N2CCC([C@@]3(c4ccccn4)NC(=O)N(CCc4cccs4)C3=O)CC2)C1. The van der Waals surface area contributed by atoms with E-state index in [1.165, 1.54) is 4.90 Å². The van der Waals surface area contributed by atoms with Crippen molar-refractivity contribution in [1.29, 1.82) is 0 Å². The molecule has 2 aromatic rings. The molecule has 0 bridgehead atoms. The highest BCUT2D eigenvalue weighted by molar-refractivity contribution is 7.09. The molecule has 35 heavy (non-hydrogen) atoms. The summed E-state index contributed by atoms with van der Waals surface area (Å²) in [4.78, 5) is 51.4. The van der Waals surface area contributed by atoms with Crippen LogP contribution in [-0.4, -0.2) is 77.3 Å². The molecule has 1 N–H and O–H groups in total. The standard InChI is InChI=1S/C26H33N5O3S/c1-29-13-4-6-19(18-29)23(32)30-14-9-20(10-15-30)26(22-8-2-3-12-27-22)24(33)31(25(34)28-26)16-11-21-7-5-17-35-21/h2-3,5,7-8,12,17,19-20H,4,6,9-11,13-16,18H2,1H3,(H,28,34)/t19-,26+/m1/s1. The summed E-state index contributed by atoms with van der Waals surface area (Å²) in [5.41, 5.74) is -0.607. The first-order valence-electron chi connectivity index (χ1n) is 12.5. The van der Waals surface area contributed by atoms with E-state index < -0.39 is 5.54 Å². The minimum Gasteiger partial charge on any atom is -0.342 e. The Bertz CT molecular complexity index is 1050. The van der Waals surface area contributed by atoms with Crippen LogP contribution >= 0.6 is 11.3 Å². The third-order valence-corrected chi connectivity index (χ3v) is 8.69. The van der Waals surface area contributed by atoms with Crippen LogP contribution in [0.15, 0.2) is 41.9 Å². The van der Waals surface area contributed by atoms with Crippen LogP contribution in [0.5, 0.6) is 0 Å². The van der Waals surface area contributed by atoms with Gasteiger partial charge in [0.1, 0.15) is 0 Å². The molecule has 186 valence electrons. The highest BCUT2D eigenvalue weighted by Gasteiger charge is 2.58. The number of hydrogen-bond acceptors (Lipinski definition) is 6. The Kier molecular flexibility index (Phi) is 6.88. The van der Waals surface area contributed by atoms with Gasteiger partial charge in [0.15, 0.2) is 5.54 Å². The van der Waals surface area contributed by atoms with E-state index in [1.807, 2.05) is 40.6 Å². The molecule has 4 amide bonds. The highest BCUT2D eigenvalue weighted by Crippen LogP contribution is 2.41. The first-order chi connectivity index (χ1) is 17.0. The first kappa shape index (κ1) is 23.9. The summed E-state index contributed by atoms with van der Waals surface area (Å²) < 4.78 is 0. The molecule has 3 aliphatic heterocycles. The number of nitrogens with zero attached hydrogens (tertiary/aromatic N) is 4. The molecular formula is C26H33N5O3S. The van der Waals surface area contributed by atoms with Gasteiger partial charge in [-0.1, -0.05) is 12.1 Å². The Morgan fingerprint density at radius 3 is 2.66 bits per heavy atom. The summed E-state index contributed by atoms with van der Waals surface area (Å²) in [6, 6.07) is 9.14. The molecule has 0 saturated carbocycles. The zero-order valence-electron chi connectivity index (χ0n) is 20.2. The zero-order chi connectivity index (χ0) is 24.4. The lowest BCUT2D eigenvalue weighted by Crippen LogP contribution is -2.55. The van der Waals surface area contributed by atoms with E-state index in [4.69, 9.17) is 0 Å². The fourth-order valence-electron chi connectivity index (χ4n) is 5.89. The topological polar surface area (TPSA) is 85.8 Å². The van der Waals surface area contributed by atoms with Gasteiger partial charge in [-0.3, -0.25) is 19.5 Å². The summed E-state index contributed by atoms with van der Waals surface area (Å²) >= 11 is 1.63. The van der Waals surface area contributed by atoms with Gasteiger partial charge >= 0.3 is 6.03 Å². The lowest BCUT2D eigenvalue weighted by molar-refractivity contribution is -0.140. The molecular weight excluding hydrogens is 462 g/mol. The number of amides is 4. The molecule has 0 radical (unpaired) electrons. The molecule has 9 heteroatoms. The van der Waals surface area contributed by atoms with E-state index in [1.54, 1.807) is 17.5 Å². The molecule has 5 rings (SSSR count). The molecule has 0 aromatic carbocycles. The molecule has 3 aliphatic rings. The third-order valence-electron chi connectivity index (χ3n) is 7.76. The largest absolute Gasteiger partial charge is 0.342 e. The number of hydrogen-bond donors (Lipinski definition) is 1. The second kappa shape index (κ2) is 10.1. The molecule has 0 aliphatic carbocycles. The van der Waals surface area contributed by atoms with Crippen molar-refractivity contribution in [3.8, 4) is 0 Å². The molecule has 3 fully saturated rings. The molecule has 8 nitrogen and oxygen atoms in total. The number of pyridine rings is 1. The molecule has 2 aromatic heterocycles. The van der Waals surface area contributed by atoms with Gasteiger partial charge in [-0.05, 0) is 69.3 Å². The van der Waals surface area contributed by atoms with Gasteiger partial charge in [0, 0.05) is 43.2 Å². The number of urea groups is 1. The number of piperidine rings is 2. The van der Waals surface area contributed by atoms with Gasteiger partial charge in [0.05, 0.1) is 11.6 Å². The minimum absolute atomic E-state index is 0.0515. The van der Waals surface area contributed by atoms with Crippen molar-refractivity contribution < 1.29 is 14.4 Å². The quantitative estimate of drug-likeness (QED) is 0.623. The van der Waals surface area contributed by atoms with Crippen molar-refractivity contribution in [2.24, 2.45) is 11.8 Å². The van der Waals surface area contributed by atoms with E-state index in [0.29, 0.717) is 44.6 Å². The Morgan fingerprint density at radius 2 is 1.97 bits per heavy atom. The van der Waals surface area contributed by atoms with Gasteiger partial charge in [0.2, 0.25) is 5.91 Å². The predicted octanol–water partition coefficient (Wildman–Crippen LogP) is 2.71. The Labute approximate surface area is 210 Å². The van der Waals surface area contributed by atoms with Crippen LogP contribution in [0.25, 0.3) is 0 Å². The van der Waals surface area contributed by atoms with E-state index in [2.05, 4.69) is 22.2 Å². The number of imide groups is 1. The molecule has 2 atom stereocenters. The van der Waals surface area contributed by atoms with Crippen molar-refractivity contribution in [1.82, 2.24) is 25.0 Å². The van der Waals surface area contributed by atoms with Crippen LogP contribution in [0.3, 0.4) is 0 Å².